The number of hydrogen-bond acceptors (Lipinski definition) is 6. The largest absolute Gasteiger partial charge is 0.325 e. The number of hydrogen-bond donors (Lipinski definition) is 1. The highest BCUT2D eigenvalue weighted by Gasteiger charge is 2.18. The van der Waals surface area contributed by atoms with Crippen LogP contribution in [0.15, 0.2) is 86.0 Å². The molecule has 132 valence electrons. The Morgan fingerprint density at radius 3 is 2.11 bits per heavy atom. The Kier molecular flexibility index (Phi) is 5.06. The molecule has 0 unspecified atom stereocenters. The minimum atomic E-state index is 0.127. The van der Waals surface area contributed by atoms with E-state index in [0.717, 1.165) is 28.9 Å². The summed E-state index contributed by atoms with van der Waals surface area (Å²) in [5, 5.41) is 3.29. The molecule has 0 saturated carbocycles. The third-order valence-electron chi connectivity index (χ3n) is 4.32. The van der Waals surface area contributed by atoms with Crippen LogP contribution in [0.2, 0.25) is 0 Å². The molecule has 0 aromatic carbocycles. The van der Waals surface area contributed by atoms with Gasteiger partial charge in [-0.15, -0.1) is 0 Å². The van der Waals surface area contributed by atoms with Crippen LogP contribution in [-0.4, -0.2) is 24.9 Å². The van der Waals surface area contributed by atoms with E-state index in [2.05, 4.69) is 48.4 Å². The van der Waals surface area contributed by atoms with Gasteiger partial charge in [-0.3, -0.25) is 9.97 Å². The smallest absolute Gasteiger partial charge is 0.134 e. The lowest BCUT2D eigenvalue weighted by Crippen LogP contribution is -2.09. The summed E-state index contributed by atoms with van der Waals surface area (Å²) < 4.78 is 0. The molecule has 0 atom stereocenters. The first-order chi connectivity index (χ1) is 13.4. The van der Waals surface area contributed by atoms with Crippen molar-refractivity contribution >= 4 is 11.6 Å². The lowest BCUT2D eigenvalue weighted by atomic mass is 9.88. The molecular formula is C21H18N6. The van der Waals surface area contributed by atoms with E-state index in [0.29, 0.717) is 5.82 Å². The standard InChI is InChI=1S/C21H18N6/c1-5-17(13-22-8-1)19(18-6-2-9-23-14-18)12-16-4-3-10-25-21(16)27-20-7-11-24-15-26-20/h1-11,13-15,19H,12H2,(H,24,25,26,27). The van der Waals surface area contributed by atoms with Crippen molar-refractivity contribution in [1.29, 1.82) is 0 Å². The zero-order valence-corrected chi connectivity index (χ0v) is 14.6. The Balaban J connectivity index is 1.68. The summed E-state index contributed by atoms with van der Waals surface area (Å²) in [6.07, 6.45) is 13.1. The van der Waals surface area contributed by atoms with E-state index in [9.17, 15) is 0 Å². The van der Waals surface area contributed by atoms with Gasteiger partial charge < -0.3 is 5.32 Å². The van der Waals surface area contributed by atoms with Gasteiger partial charge in [0.05, 0.1) is 0 Å². The molecule has 0 spiro atoms. The maximum Gasteiger partial charge on any atom is 0.134 e. The minimum absolute atomic E-state index is 0.127. The Morgan fingerprint density at radius 2 is 1.48 bits per heavy atom. The minimum Gasteiger partial charge on any atom is -0.325 e. The van der Waals surface area contributed by atoms with Gasteiger partial charge >= 0.3 is 0 Å². The van der Waals surface area contributed by atoms with E-state index in [1.54, 1.807) is 24.8 Å². The van der Waals surface area contributed by atoms with Gasteiger partial charge in [0.1, 0.15) is 18.0 Å². The molecule has 4 aromatic heterocycles. The molecule has 0 aliphatic carbocycles. The third kappa shape index (κ3) is 4.12. The summed E-state index contributed by atoms with van der Waals surface area (Å²) in [6, 6.07) is 14.0. The summed E-state index contributed by atoms with van der Waals surface area (Å²) in [5.41, 5.74) is 3.37. The topological polar surface area (TPSA) is 76.5 Å². The molecular weight excluding hydrogens is 336 g/mol. The predicted molar refractivity (Wildman–Crippen MR) is 104 cm³/mol. The fraction of sp³-hybridized carbons (Fsp3) is 0.0952. The summed E-state index contributed by atoms with van der Waals surface area (Å²) in [4.78, 5) is 21.3. The van der Waals surface area contributed by atoms with Crippen molar-refractivity contribution in [1.82, 2.24) is 24.9 Å². The van der Waals surface area contributed by atoms with Gasteiger partial charge in [0.2, 0.25) is 0 Å². The summed E-state index contributed by atoms with van der Waals surface area (Å²) >= 11 is 0. The molecule has 0 radical (unpaired) electrons. The molecule has 6 nitrogen and oxygen atoms in total. The van der Waals surface area contributed by atoms with E-state index in [1.165, 1.54) is 6.33 Å². The monoisotopic (exact) mass is 354 g/mol. The van der Waals surface area contributed by atoms with Crippen LogP contribution >= 0.6 is 0 Å². The fourth-order valence-corrected chi connectivity index (χ4v) is 3.01. The van der Waals surface area contributed by atoms with E-state index in [-0.39, 0.29) is 5.92 Å². The van der Waals surface area contributed by atoms with Crippen LogP contribution in [0.3, 0.4) is 0 Å². The van der Waals surface area contributed by atoms with Crippen LogP contribution in [-0.2, 0) is 6.42 Å². The van der Waals surface area contributed by atoms with Crippen LogP contribution in [0.4, 0.5) is 11.6 Å². The van der Waals surface area contributed by atoms with Crippen LogP contribution in [0.1, 0.15) is 22.6 Å². The molecule has 0 saturated heterocycles. The van der Waals surface area contributed by atoms with Gasteiger partial charge in [-0.2, -0.15) is 0 Å². The lowest BCUT2D eigenvalue weighted by molar-refractivity contribution is 0.792. The van der Waals surface area contributed by atoms with Gasteiger partial charge in [0.25, 0.3) is 0 Å². The van der Waals surface area contributed by atoms with Gasteiger partial charge in [0, 0.05) is 43.1 Å². The van der Waals surface area contributed by atoms with Crippen molar-refractivity contribution in [2.45, 2.75) is 12.3 Å². The Bertz CT molecular complexity index is 937. The maximum absolute atomic E-state index is 4.51. The number of nitrogens with zero attached hydrogens (tertiary/aromatic N) is 5. The van der Waals surface area contributed by atoms with Crippen LogP contribution in [0.25, 0.3) is 0 Å². The van der Waals surface area contributed by atoms with Crippen LogP contribution in [0, 0.1) is 0 Å². The second-order valence-electron chi connectivity index (χ2n) is 6.06. The second kappa shape index (κ2) is 8.14. The highest BCUT2D eigenvalue weighted by Crippen LogP contribution is 2.30. The normalized spacial score (nSPS) is 10.7. The summed E-state index contributed by atoms with van der Waals surface area (Å²) in [6.45, 7) is 0. The number of nitrogens with one attached hydrogen (secondary N) is 1. The molecule has 4 rings (SSSR count). The van der Waals surface area contributed by atoms with Gasteiger partial charge in [-0.1, -0.05) is 18.2 Å². The van der Waals surface area contributed by atoms with E-state index < -0.39 is 0 Å². The molecule has 4 heterocycles. The lowest BCUT2D eigenvalue weighted by Gasteiger charge is -2.19. The molecule has 0 amide bonds. The predicted octanol–water partition coefficient (Wildman–Crippen LogP) is 3.78. The van der Waals surface area contributed by atoms with Crippen LogP contribution in [0.5, 0.6) is 0 Å². The van der Waals surface area contributed by atoms with E-state index in [4.69, 9.17) is 0 Å². The first-order valence-corrected chi connectivity index (χ1v) is 8.67. The number of rotatable bonds is 6. The van der Waals surface area contributed by atoms with Crippen molar-refractivity contribution in [3.05, 3.63) is 103 Å². The van der Waals surface area contributed by atoms with Gasteiger partial charge in [-0.05, 0) is 47.4 Å². The molecule has 0 bridgehead atoms. The quantitative estimate of drug-likeness (QED) is 0.568. The SMILES string of the molecule is c1cncc(C(Cc2cccnc2Nc2ccncn2)c2cccnc2)c1. The van der Waals surface area contributed by atoms with Crippen molar-refractivity contribution in [2.75, 3.05) is 5.32 Å². The summed E-state index contributed by atoms with van der Waals surface area (Å²) in [5.74, 6) is 1.63. The maximum atomic E-state index is 4.51. The van der Waals surface area contributed by atoms with Gasteiger partial charge in [0.15, 0.2) is 0 Å². The zero-order valence-electron chi connectivity index (χ0n) is 14.6. The van der Waals surface area contributed by atoms with Crippen molar-refractivity contribution in [3.63, 3.8) is 0 Å². The highest BCUT2D eigenvalue weighted by atomic mass is 15.1. The van der Waals surface area contributed by atoms with Gasteiger partial charge in [-0.25, -0.2) is 15.0 Å². The van der Waals surface area contributed by atoms with Crippen molar-refractivity contribution in [3.8, 4) is 0 Å². The Hall–Kier alpha value is -3.67. The number of anilines is 2. The molecule has 0 aliphatic rings. The van der Waals surface area contributed by atoms with Crippen LogP contribution < -0.4 is 5.32 Å². The van der Waals surface area contributed by atoms with Crippen molar-refractivity contribution in [2.24, 2.45) is 0 Å². The van der Waals surface area contributed by atoms with E-state index >= 15 is 0 Å². The molecule has 27 heavy (non-hydrogen) atoms. The Labute approximate surface area is 157 Å². The first-order valence-electron chi connectivity index (χ1n) is 8.67. The molecule has 0 aliphatic heterocycles. The molecule has 1 N–H and O–H groups in total. The average molecular weight is 354 g/mol. The molecule has 6 heteroatoms. The third-order valence-corrected chi connectivity index (χ3v) is 4.32. The second-order valence-corrected chi connectivity index (χ2v) is 6.06. The number of aromatic nitrogens is 5. The highest BCUT2D eigenvalue weighted by molar-refractivity contribution is 5.56. The first kappa shape index (κ1) is 16.8. The number of pyridine rings is 3. The molecule has 4 aromatic rings. The van der Waals surface area contributed by atoms with Crippen molar-refractivity contribution < 1.29 is 0 Å². The zero-order chi connectivity index (χ0) is 18.3. The summed E-state index contributed by atoms with van der Waals surface area (Å²) in [7, 11) is 0. The average Bonchev–Trinajstić information content (AvgIpc) is 2.75. The Morgan fingerprint density at radius 1 is 0.741 bits per heavy atom. The van der Waals surface area contributed by atoms with E-state index in [1.807, 2.05) is 36.7 Å². The molecule has 0 fully saturated rings. The fourth-order valence-electron chi connectivity index (χ4n) is 3.01.